The van der Waals surface area contributed by atoms with Gasteiger partial charge in [0.2, 0.25) is 0 Å². The van der Waals surface area contributed by atoms with E-state index in [-0.39, 0.29) is 13.2 Å². The highest BCUT2D eigenvalue weighted by Gasteiger charge is 2.15. The second kappa shape index (κ2) is 7.92. The second-order valence-corrected chi connectivity index (χ2v) is 5.55. The van der Waals surface area contributed by atoms with Crippen molar-refractivity contribution in [2.24, 2.45) is 0 Å². The van der Waals surface area contributed by atoms with Gasteiger partial charge >= 0.3 is 0 Å². The van der Waals surface area contributed by atoms with Crippen LogP contribution in [-0.2, 0) is 0 Å². The molecule has 6 nitrogen and oxygen atoms in total. The number of fused-ring (bicyclic) bond motifs is 1. The van der Waals surface area contributed by atoms with Crippen molar-refractivity contribution in [2.45, 2.75) is 0 Å². The summed E-state index contributed by atoms with van der Waals surface area (Å²) < 4.78 is 5.20. The van der Waals surface area contributed by atoms with Gasteiger partial charge in [-0.1, -0.05) is 12.1 Å². The predicted molar refractivity (Wildman–Crippen MR) is 97.9 cm³/mol. The minimum absolute atomic E-state index is 0.0177. The van der Waals surface area contributed by atoms with Crippen LogP contribution in [0.5, 0.6) is 5.75 Å². The number of anilines is 1. The second-order valence-electron chi connectivity index (χ2n) is 5.55. The molecule has 25 heavy (non-hydrogen) atoms. The van der Waals surface area contributed by atoms with E-state index in [2.05, 4.69) is 4.98 Å². The van der Waals surface area contributed by atoms with Gasteiger partial charge in [0, 0.05) is 24.0 Å². The van der Waals surface area contributed by atoms with E-state index >= 15 is 0 Å². The van der Waals surface area contributed by atoms with E-state index in [0.717, 1.165) is 22.2 Å². The summed E-state index contributed by atoms with van der Waals surface area (Å²) >= 11 is 0. The molecule has 1 heterocycles. The summed E-state index contributed by atoms with van der Waals surface area (Å²) in [5, 5.41) is 19.6. The zero-order chi connectivity index (χ0) is 17.6. The summed E-state index contributed by atoms with van der Waals surface area (Å²) in [6.07, 6.45) is 0. The van der Waals surface area contributed by atoms with Crippen molar-refractivity contribution in [3.63, 3.8) is 0 Å². The highest BCUT2D eigenvalue weighted by atomic mass is 16.5. The van der Waals surface area contributed by atoms with E-state index in [1.54, 1.807) is 7.11 Å². The molecule has 0 saturated heterocycles. The van der Waals surface area contributed by atoms with Crippen LogP contribution in [-0.4, -0.2) is 53.6 Å². The van der Waals surface area contributed by atoms with Crippen LogP contribution in [0.2, 0.25) is 0 Å². The Hall–Kier alpha value is -2.70. The highest BCUT2D eigenvalue weighted by molar-refractivity contribution is 5.91. The van der Waals surface area contributed by atoms with Crippen molar-refractivity contribution < 1.29 is 14.9 Å². The van der Waals surface area contributed by atoms with Crippen molar-refractivity contribution in [3.8, 4) is 17.1 Å². The molecular formula is C19H21N3O3. The summed E-state index contributed by atoms with van der Waals surface area (Å²) in [6.45, 7) is 0.750. The van der Waals surface area contributed by atoms with Gasteiger partial charge in [-0.2, -0.15) is 0 Å². The molecule has 0 atom stereocenters. The molecule has 2 aromatic carbocycles. The number of hydrogen-bond donors (Lipinski definition) is 2. The van der Waals surface area contributed by atoms with Crippen LogP contribution in [0.15, 0.2) is 48.5 Å². The molecule has 0 saturated carbocycles. The minimum Gasteiger partial charge on any atom is -0.497 e. The van der Waals surface area contributed by atoms with Gasteiger partial charge in [-0.15, -0.1) is 0 Å². The van der Waals surface area contributed by atoms with Gasteiger partial charge in [-0.25, -0.2) is 9.97 Å². The topological polar surface area (TPSA) is 78.7 Å². The molecule has 6 heteroatoms. The molecule has 0 aliphatic rings. The van der Waals surface area contributed by atoms with Crippen molar-refractivity contribution in [2.75, 3.05) is 38.3 Å². The number of aromatic nitrogens is 2. The maximum Gasteiger partial charge on any atom is 0.162 e. The van der Waals surface area contributed by atoms with Crippen LogP contribution in [0.3, 0.4) is 0 Å². The lowest BCUT2D eigenvalue weighted by Crippen LogP contribution is -2.30. The number of benzene rings is 2. The number of para-hydroxylation sites is 1. The Labute approximate surface area is 146 Å². The molecule has 0 aliphatic carbocycles. The fourth-order valence-electron chi connectivity index (χ4n) is 2.74. The Kier molecular flexibility index (Phi) is 5.42. The first-order valence-electron chi connectivity index (χ1n) is 8.14. The summed E-state index contributed by atoms with van der Waals surface area (Å²) in [5.74, 6) is 2.07. The monoisotopic (exact) mass is 339 g/mol. The predicted octanol–water partition coefficient (Wildman–Crippen LogP) is 2.10. The molecule has 130 valence electrons. The van der Waals surface area contributed by atoms with E-state index in [1.807, 2.05) is 53.4 Å². The molecule has 0 bridgehead atoms. The summed E-state index contributed by atoms with van der Waals surface area (Å²) in [4.78, 5) is 11.2. The van der Waals surface area contributed by atoms with E-state index in [4.69, 9.17) is 9.72 Å². The van der Waals surface area contributed by atoms with Gasteiger partial charge in [0.15, 0.2) is 5.82 Å². The third-order valence-electron chi connectivity index (χ3n) is 3.97. The maximum absolute atomic E-state index is 9.36. The number of methoxy groups -OCH3 is 1. The number of aliphatic hydroxyl groups is 2. The lowest BCUT2D eigenvalue weighted by molar-refractivity contribution is 0.281. The first-order chi connectivity index (χ1) is 12.3. The van der Waals surface area contributed by atoms with Gasteiger partial charge in [0.05, 0.1) is 25.8 Å². The van der Waals surface area contributed by atoms with E-state index in [1.165, 1.54) is 0 Å². The third kappa shape index (κ3) is 3.70. The average Bonchev–Trinajstić information content (AvgIpc) is 2.67. The van der Waals surface area contributed by atoms with Crippen molar-refractivity contribution in [3.05, 3.63) is 48.5 Å². The van der Waals surface area contributed by atoms with Crippen LogP contribution in [0.1, 0.15) is 0 Å². The molecule has 0 aliphatic heterocycles. The fourth-order valence-corrected chi connectivity index (χ4v) is 2.74. The zero-order valence-corrected chi connectivity index (χ0v) is 14.1. The van der Waals surface area contributed by atoms with Crippen molar-refractivity contribution in [1.29, 1.82) is 0 Å². The molecule has 0 radical (unpaired) electrons. The Morgan fingerprint density at radius 1 is 0.920 bits per heavy atom. The van der Waals surface area contributed by atoms with E-state index < -0.39 is 0 Å². The number of nitrogens with zero attached hydrogens (tertiary/aromatic N) is 3. The summed E-state index contributed by atoms with van der Waals surface area (Å²) in [5.41, 5.74) is 1.69. The normalized spacial score (nSPS) is 10.8. The smallest absolute Gasteiger partial charge is 0.162 e. The number of aliphatic hydroxyl groups excluding tert-OH is 2. The molecule has 0 fully saturated rings. The first kappa shape index (κ1) is 17.1. The van der Waals surface area contributed by atoms with Crippen molar-refractivity contribution >= 4 is 16.7 Å². The Balaban J connectivity index is 2.13. The number of hydrogen-bond acceptors (Lipinski definition) is 6. The van der Waals surface area contributed by atoms with E-state index in [0.29, 0.717) is 24.7 Å². The number of ether oxygens (including phenoxy) is 1. The standard InChI is InChI=1S/C19H21N3O3/c1-25-15-8-6-14(7-9-15)18-20-17-5-3-2-4-16(17)19(21-18)22(10-12-23)11-13-24/h2-9,23-24H,10-13H2,1H3. The van der Waals surface area contributed by atoms with Crippen LogP contribution in [0.4, 0.5) is 5.82 Å². The van der Waals surface area contributed by atoms with Gasteiger partial charge in [0.25, 0.3) is 0 Å². The van der Waals surface area contributed by atoms with E-state index in [9.17, 15) is 10.2 Å². The van der Waals surface area contributed by atoms with Gasteiger partial charge in [0.1, 0.15) is 11.6 Å². The fraction of sp³-hybridized carbons (Fsp3) is 0.263. The number of rotatable bonds is 7. The Morgan fingerprint density at radius 3 is 2.24 bits per heavy atom. The average molecular weight is 339 g/mol. The molecule has 0 spiro atoms. The quantitative estimate of drug-likeness (QED) is 0.686. The molecular weight excluding hydrogens is 318 g/mol. The molecule has 3 rings (SSSR count). The molecule has 1 aromatic heterocycles. The summed E-state index contributed by atoms with van der Waals surface area (Å²) in [6, 6.07) is 15.3. The SMILES string of the molecule is COc1ccc(-c2nc(N(CCO)CCO)c3ccccc3n2)cc1. The summed E-state index contributed by atoms with van der Waals surface area (Å²) in [7, 11) is 1.63. The van der Waals surface area contributed by atoms with Crippen LogP contribution in [0, 0.1) is 0 Å². The van der Waals surface area contributed by atoms with Crippen LogP contribution >= 0.6 is 0 Å². The van der Waals surface area contributed by atoms with Crippen molar-refractivity contribution in [1.82, 2.24) is 9.97 Å². The molecule has 2 N–H and O–H groups in total. The van der Waals surface area contributed by atoms with Gasteiger partial charge < -0.3 is 19.8 Å². The van der Waals surface area contributed by atoms with Gasteiger partial charge in [-0.3, -0.25) is 0 Å². The molecule has 0 unspecified atom stereocenters. The third-order valence-corrected chi connectivity index (χ3v) is 3.97. The largest absolute Gasteiger partial charge is 0.497 e. The minimum atomic E-state index is -0.0177. The van der Waals surface area contributed by atoms with Crippen LogP contribution in [0.25, 0.3) is 22.3 Å². The van der Waals surface area contributed by atoms with Crippen LogP contribution < -0.4 is 9.64 Å². The first-order valence-corrected chi connectivity index (χ1v) is 8.14. The van der Waals surface area contributed by atoms with Gasteiger partial charge in [-0.05, 0) is 36.4 Å². The molecule has 3 aromatic rings. The zero-order valence-electron chi connectivity index (χ0n) is 14.1. The lowest BCUT2D eigenvalue weighted by atomic mass is 10.1. The maximum atomic E-state index is 9.36. The Bertz CT molecular complexity index is 831. The lowest BCUT2D eigenvalue weighted by Gasteiger charge is -2.23. The highest BCUT2D eigenvalue weighted by Crippen LogP contribution is 2.28. The molecule has 0 amide bonds. The Morgan fingerprint density at radius 2 is 1.60 bits per heavy atom.